The van der Waals surface area contributed by atoms with Gasteiger partial charge in [0.2, 0.25) is 0 Å². The lowest BCUT2D eigenvalue weighted by molar-refractivity contribution is 0.258. The van der Waals surface area contributed by atoms with Crippen molar-refractivity contribution in [2.24, 2.45) is 0 Å². The summed E-state index contributed by atoms with van der Waals surface area (Å²) in [4.78, 5) is 0. The summed E-state index contributed by atoms with van der Waals surface area (Å²) in [6.07, 6.45) is 42.2. The summed E-state index contributed by atoms with van der Waals surface area (Å²) in [5.41, 5.74) is 0. The fourth-order valence-corrected chi connectivity index (χ4v) is 6.43. The molecule has 0 aromatic heterocycles. The average molecular weight is 647 g/mol. The molecule has 4 nitrogen and oxygen atoms in total. The van der Waals surface area contributed by atoms with Gasteiger partial charge in [-0.15, -0.1) is 0 Å². The van der Waals surface area contributed by atoms with Crippen molar-refractivity contribution in [3.05, 3.63) is 24.3 Å². The van der Waals surface area contributed by atoms with Crippen molar-refractivity contribution in [3.63, 3.8) is 0 Å². The monoisotopic (exact) mass is 647 g/mol. The van der Waals surface area contributed by atoms with Gasteiger partial charge in [-0.25, -0.2) is 0 Å². The molecule has 0 radical (unpaired) electrons. The van der Waals surface area contributed by atoms with E-state index in [9.17, 15) is 0 Å². The zero-order chi connectivity index (χ0) is 32.9. The molecule has 1 aromatic rings. The van der Waals surface area contributed by atoms with Crippen molar-refractivity contribution in [2.45, 2.75) is 205 Å². The third-order valence-electron chi connectivity index (χ3n) is 9.47. The van der Waals surface area contributed by atoms with Gasteiger partial charge in [-0.05, 0) is 37.8 Å². The molecule has 4 heteroatoms. The first-order valence-electron chi connectivity index (χ1n) is 20.4. The van der Waals surface area contributed by atoms with Crippen LogP contribution in [0.2, 0.25) is 0 Å². The van der Waals surface area contributed by atoms with Crippen LogP contribution in [-0.2, 0) is 0 Å². The minimum atomic E-state index is 0.358. The molecule has 0 heterocycles. The molecule has 1 rings (SSSR count). The number of aliphatic hydroxyl groups excluding tert-OH is 2. The summed E-state index contributed by atoms with van der Waals surface area (Å²) >= 11 is 0. The van der Waals surface area contributed by atoms with Gasteiger partial charge in [0, 0.05) is 13.2 Å². The first kappa shape index (κ1) is 42.8. The average Bonchev–Trinajstić information content (AvgIpc) is 3.07. The number of ether oxygens (including phenoxy) is 2. The van der Waals surface area contributed by atoms with Crippen molar-refractivity contribution in [2.75, 3.05) is 26.4 Å². The lowest BCUT2D eigenvalue weighted by atomic mass is 10.0. The number of benzene rings is 1. The zero-order valence-electron chi connectivity index (χ0n) is 30.5. The second-order valence-corrected chi connectivity index (χ2v) is 13.9. The summed E-state index contributed by atoms with van der Waals surface area (Å²) in [5, 5.41) is 17.6. The maximum absolute atomic E-state index is 8.81. The van der Waals surface area contributed by atoms with Gasteiger partial charge in [0.1, 0.15) is 0 Å². The highest BCUT2D eigenvalue weighted by molar-refractivity contribution is 5.39. The Morgan fingerprint density at radius 1 is 0.283 bits per heavy atom. The van der Waals surface area contributed by atoms with Crippen LogP contribution in [0.15, 0.2) is 24.3 Å². The molecule has 2 N–H and O–H groups in total. The van der Waals surface area contributed by atoms with Gasteiger partial charge < -0.3 is 19.7 Å². The molecule has 0 fully saturated rings. The van der Waals surface area contributed by atoms with Gasteiger partial charge in [-0.2, -0.15) is 0 Å². The first-order valence-corrected chi connectivity index (χ1v) is 20.4. The lowest BCUT2D eigenvalue weighted by Crippen LogP contribution is -2.02. The number of hydrogen-bond donors (Lipinski definition) is 2. The number of para-hydroxylation sites is 2. The highest BCUT2D eigenvalue weighted by atomic mass is 16.5. The number of hydrogen-bond acceptors (Lipinski definition) is 4. The van der Waals surface area contributed by atoms with Crippen molar-refractivity contribution >= 4 is 0 Å². The molecule has 1 aromatic carbocycles. The molecular weight excluding hydrogens is 568 g/mol. The van der Waals surface area contributed by atoms with Crippen molar-refractivity contribution in [1.82, 2.24) is 0 Å². The van der Waals surface area contributed by atoms with Crippen molar-refractivity contribution in [1.29, 1.82) is 0 Å². The van der Waals surface area contributed by atoms with Crippen LogP contribution < -0.4 is 9.47 Å². The number of unbranched alkanes of at least 4 members (excludes halogenated alkanes) is 30. The summed E-state index contributed by atoms with van der Waals surface area (Å²) in [7, 11) is 0. The van der Waals surface area contributed by atoms with Crippen molar-refractivity contribution < 1.29 is 19.7 Å². The van der Waals surface area contributed by atoms with Gasteiger partial charge in [-0.1, -0.05) is 192 Å². The molecule has 0 amide bonds. The minimum absolute atomic E-state index is 0.358. The van der Waals surface area contributed by atoms with E-state index in [4.69, 9.17) is 19.7 Å². The van der Waals surface area contributed by atoms with Crippen LogP contribution in [0.25, 0.3) is 0 Å². The van der Waals surface area contributed by atoms with Crippen LogP contribution in [-0.4, -0.2) is 36.6 Å². The topological polar surface area (TPSA) is 58.9 Å². The second kappa shape index (κ2) is 36.6. The Morgan fingerprint density at radius 2 is 0.478 bits per heavy atom. The maximum atomic E-state index is 8.81. The van der Waals surface area contributed by atoms with Gasteiger partial charge in [0.05, 0.1) is 13.2 Å². The fraction of sp³-hybridized carbons (Fsp3) is 0.857. The highest BCUT2D eigenvalue weighted by Gasteiger charge is 2.04. The Kier molecular flexibility index (Phi) is 34.0. The Bertz CT molecular complexity index is 650. The van der Waals surface area contributed by atoms with E-state index in [-0.39, 0.29) is 0 Å². The van der Waals surface area contributed by atoms with E-state index in [2.05, 4.69) is 12.1 Å². The molecule has 270 valence electrons. The predicted octanol–water partition coefficient (Wildman–Crippen LogP) is 12.9. The van der Waals surface area contributed by atoms with Crippen LogP contribution in [0, 0.1) is 0 Å². The molecule has 0 saturated carbocycles. The molecule has 0 aliphatic carbocycles. The molecule has 0 spiro atoms. The molecule has 0 saturated heterocycles. The molecule has 0 aliphatic rings. The van der Waals surface area contributed by atoms with E-state index in [0.717, 1.165) is 50.4 Å². The summed E-state index contributed by atoms with van der Waals surface area (Å²) in [6, 6.07) is 8.20. The molecule has 0 atom stereocenters. The lowest BCUT2D eigenvalue weighted by Gasteiger charge is -2.12. The van der Waals surface area contributed by atoms with E-state index in [1.807, 2.05) is 12.1 Å². The van der Waals surface area contributed by atoms with Gasteiger partial charge in [0.15, 0.2) is 11.5 Å². The zero-order valence-corrected chi connectivity index (χ0v) is 30.5. The van der Waals surface area contributed by atoms with E-state index < -0.39 is 0 Å². The Labute approximate surface area is 286 Å². The van der Waals surface area contributed by atoms with E-state index in [0.29, 0.717) is 13.2 Å². The van der Waals surface area contributed by atoms with Crippen LogP contribution in [0.5, 0.6) is 11.5 Å². The van der Waals surface area contributed by atoms with Crippen molar-refractivity contribution in [3.8, 4) is 11.5 Å². The standard InChI is InChI=1S/C42H78O4/c43-37-31-25-21-17-13-9-5-1-3-7-11-15-19-23-27-33-39-45-41-35-29-30-36-42(41)46-40-34-28-24-20-16-12-8-4-2-6-10-14-18-22-26-32-38-44/h29-30,35-36,43-44H,1-28,31-34,37-40H2. The quantitative estimate of drug-likeness (QED) is 0.0702. The molecule has 0 unspecified atom stereocenters. The van der Waals surface area contributed by atoms with E-state index in [1.165, 1.54) is 180 Å². The summed E-state index contributed by atoms with van der Waals surface area (Å²) in [5.74, 6) is 1.81. The summed E-state index contributed by atoms with van der Waals surface area (Å²) in [6.45, 7) is 2.29. The Balaban J connectivity index is 1.85. The fourth-order valence-electron chi connectivity index (χ4n) is 6.43. The molecule has 0 bridgehead atoms. The summed E-state index contributed by atoms with van der Waals surface area (Å²) < 4.78 is 12.2. The van der Waals surface area contributed by atoms with E-state index >= 15 is 0 Å². The largest absolute Gasteiger partial charge is 0.490 e. The first-order chi connectivity index (χ1) is 22.9. The SMILES string of the molecule is OCCCCCCCCCCCCCCCCCCOc1ccccc1OCCCCCCCCCCCCCCCCCCO. The van der Waals surface area contributed by atoms with Crippen LogP contribution in [0.4, 0.5) is 0 Å². The minimum Gasteiger partial charge on any atom is -0.490 e. The van der Waals surface area contributed by atoms with Crippen LogP contribution in [0.3, 0.4) is 0 Å². The van der Waals surface area contributed by atoms with Gasteiger partial charge in [0.25, 0.3) is 0 Å². The third kappa shape index (κ3) is 30.1. The third-order valence-corrected chi connectivity index (χ3v) is 9.47. The van der Waals surface area contributed by atoms with Gasteiger partial charge >= 0.3 is 0 Å². The smallest absolute Gasteiger partial charge is 0.161 e. The maximum Gasteiger partial charge on any atom is 0.161 e. The van der Waals surface area contributed by atoms with E-state index in [1.54, 1.807) is 0 Å². The van der Waals surface area contributed by atoms with Crippen LogP contribution in [0.1, 0.15) is 205 Å². The van der Waals surface area contributed by atoms with Gasteiger partial charge in [-0.3, -0.25) is 0 Å². The predicted molar refractivity (Wildman–Crippen MR) is 199 cm³/mol. The highest BCUT2D eigenvalue weighted by Crippen LogP contribution is 2.27. The normalized spacial score (nSPS) is 11.3. The Hall–Kier alpha value is -1.26. The second-order valence-electron chi connectivity index (χ2n) is 13.9. The number of aliphatic hydroxyl groups is 2. The molecule has 46 heavy (non-hydrogen) atoms. The number of rotatable bonds is 38. The molecular formula is C42H78O4. The van der Waals surface area contributed by atoms with Crippen LogP contribution >= 0.6 is 0 Å². The Morgan fingerprint density at radius 3 is 0.696 bits per heavy atom. The molecule has 0 aliphatic heterocycles.